The molecule has 0 radical (unpaired) electrons. The second kappa shape index (κ2) is 12.8. The molecule has 0 spiro atoms. The number of amides is 1. The van der Waals surface area contributed by atoms with Crippen molar-refractivity contribution in [3.8, 4) is 11.3 Å². The largest absolute Gasteiger partial charge is 0.326 e. The number of nitrogens with zero attached hydrogens (tertiary/aromatic N) is 4. The maximum atomic E-state index is 13.3. The minimum absolute atomic E-state index is 0.198. The number of hydrogen-bond donors (Lipinski definition) is 3. The molecule has 9 nitrogen and oxygen atoms in total. The minimum Gasteiger partial charge on any atom is -0.326 e. The molecule has 2 aliphatic rings. The molecule has 1 aromatic heterocycles. The van der Waals surface area contributed by atoms with Crippen LogP contribution in [0.3, 0.4) is 0 Å². The molecule has 2 fully saturated rings. The number of carbonyl (C=O) groups is 2. The fourth-order valence-electron chi connectivity index (χ4n) is 6.24. The van der Waals surface area contributed by atoms with E-state index in [1.807, 2.05) is 78.9 Å². The monoisotopic (exact) mass is 611 g/mol. The Morgan fingerprint density at radius 1 is 0.870 bits per heavy atom. The van der Waals surface area contributed by atoms with Crippen LogP contribution in [-0.2, 0) is 17.9 Å². The molecule has 1 saturated carbocycles. The van der Waals surface area contributed by atoms with Crippen molar-refractivity contribution in [2.75, 3.05) is 36.8 Å². The second-order valence-corrected chi connectivity index (χ2v) is 12.1. The van der Waals surface area contributed by atoms with E-state index in [1.165, 1.54) is 0 Å². The van der Waals surface area contributed by atoms with Crippen LogP contribution in [0.1, 0.15) is 34.3 Å². The summed E-state index contributed by atoms with van der Waals surface area (Å²) < 4.78 is 0. The number of aromatic nitrogens is 2. The Balaban J connectivity index is 1.02. The molecule has 4 aromatic carbocycles. The summed E-state index contributed by atoms with van der Waals surface area (Å²) in [5.74, 6) is 0.278. The molecule has 46 heavy (non-hydrogen) atoms. The average molecular weight is 612 g/mol. The summed E-state index contributed by atoms with van der Waals surface area (Å²) in [6.07, 6.45) is 3.09. The lowest BCUT2D eigenvalue weighted by atomic mass is 10.1. The van der Waals surface area contributed by atoms with Gasteiger partial charge in [0.2, 0.25) is 5.95 Å². The highest BCUT2D eigenvalue weighted by Gasteiger charge is 2.48. The van der Waals surface area contributed by atoms with E-state index in [9.17, 15) is 9.59 Å². The summed E-state index contributed by atoms with van der Waals surface area (Å²) in [6.45, 7) is 4.72. The van der Waals surface area contributed by atoms with E-state index < -0.39 is 0 Å². The SMILES string of the molecule is NCc1ccc(CN2CCN(C3(C=O)CC3)CC2)cc1NC(=O)c1ccc(Nc2nc(-c3ccccc3)c3ccccc3n2)cc1. The second-order valence-electron chi connectivity index (χ2n) is 12.1. The van der Waals surface area contributed by atoms with Crippen LogP contribution in [-0.4, -0.2) is 63.7 Å². The highest BCUT2D eigenvalue weighted by Crippen LogP contribution is 2.40. The average Bonchev–Trinajstić information content (AvgIpc) is 3.91. The van der Waals surface area contributed by atoms with Crippen molar-refractivity contribution in [1.29, 1.82) is 0 Å². The lowest BCUT2D eigenvalue weighted by Crippen LogP contribution is -2.51. The van der Waals surface area contributed by atoms with Crippen LogP contribution in [0.4, 0.5) is 17.3 Å². The summed E-state index contributed by atoms with van der Waals surface area (Å²) in [5.41, 5.74) is 12.6. The lowest BCUT2D eigenvalue weighted by Gasteiger charge is -2.37. The van der Waals surface area contributed by atoms with Crippen molar-refractivity contribution in [3.63, 3.8) is 0 Å². The Hall–Kier alpha value is -4.96. The van der Waals surface area contributed by atoms with Crippen molar-refractivity contribution in [1.82, 2.24) is 19.8 Å². The fraction of sp³-hybridized carbons (Fsp3) is 0.243. The third-order valence-corrected chi connectivity index (χ3v) is 9.09. The number of piperazine rings is 1. The van der Waals surface area contributed by atoms with E-state index >= 15 is 0 Å². The van der Waals surface area contributed by atoms with E-state index in [0.717, 1.165) is 96.5 Å². The normalized spacial score (nSPS) is 16.2. The molecule has 1 amide bonds. The molecule has 232 valence electrons. The van der Waals surface area contributed by atoms with Gasteiger partial charge in [0.25, 0.3) is 5.91 Å². The fourth-order valence-corrected chi connectivity index (χ4v) is 6.24. The van der Waals surface area contributed by atoms with E-state index in [4.69, 9.17) is 15.7 Å². The molecule has 1 aliphatic heterocycles. The topological polar surface area (TPSA) is 116 Å². The van der Waals surface area contributed by atoms with Gasteiger partial charge < -0.3 is 21.2 Å². The van der Waals surface area contributed by atoms with Gasteiger partial charge in [0, 0.05) is 67.2 Å². The number of fused-ring (bicyclic) bond motifs is 1. The molecule has 2 heterocycles. The smallest absolute Gasteiger partial charge is 0.255 e. The molecule has 1 aliphatic carbocycles. The third-order valence-electron chi connectivity index (χ3n) is 9.09. The highest BCUT2D eigenvalue weighted by molar-refractivity contribution is 6.05. The van der Waals surface area contributed by atoms with Crippen LogP contribution in [0.5, 0.6) is 0 Å². The van der Waals surface area contributed by atoms with Crippen LogP contribution < -0.4 is 16.4 Å². The lowest BCUT2D eigenvalue weighted by molar-refractivity contribution is -0.114. The van der Waals surface area contributed by atoms with E-state index in [-0.39, 0.29) is 11.4 Å². The van der Waals surface area contributed by atoms with Crippen molar-refractivity contribution in [2.24, 2.45) is 5.73 Å². The van der Waals surface area contributed by atoms with Gasteiger partial charge in [0.05, 0.1) is 16.7 Å². The third kappa shape index (κ3) is 6.25. The molecule has 4 N–H and O–H groups in total. The Kier molecular flexibility index (Phi) is 8.28. The summed E-state index contributed by atoms with van der Waals surface area (Å²) in [7, 11) is 0. The number of para-hydroxylation sites is 1. The Morgan fingerprint density at radius 3 is 2.33 bits per heavy atom. The van der Waals surface area contributed by atoms with E-state index in [1.54, 1.807) is 12.1 Å². The molecule has 0 atom stereocenters. The van der Waals surface area contributed by atoms with Crippen molar-refractivity contribution >= 4 is 40.4 Å². The number of rotatable bonds is 10. The molecule has 1 saturated heterocycles. The Morgan fingerprint density at radius 2 is 1.61 bits per heavy atom. The number of nitrogens with two attached hydrogens (primary N) is 1. The Bertz CT molecular complexity index is 1870. The summed E-state index contributed by atoms with van der Waals surface area (Å²) in [4.78, 5) is 39.1. The standard InChI is InChI=1S/C37H37N7O2/c38-23-29-11-10-26(24-43-18-20-44(21-19-43)37(25-45)16-17-37)22-33(29)40-35(46)28-12-14-30(15-13-28)39-36-41-32-9-5-4-8-31(32)34(42-36)27-6-2-1-3-7-27/h1-15,22,25H,16-21,23-24,38H2,(H,40,46)(H,39,41,42). The van der Waals surface area contributed by atoms with Crippen LogP contribution in [0, 0.1) is 0 Å². The molecular weight excluding hydrogens is 574 g/mol. The van der Waals surface area contributed by atoms with Gasteiger partial charge in [-0.25, -0.2) is 9.97 Å². The molecule has 0 unspecified atom stereocenters. The van der Waals surface area contributed by atoms with Crippen LogP contribution in [0.15, 0.2) is 97.1 Å². The summed E-state index contributed by atoms with van der Waals surface area (Å²) >= 11 is 0. The van der Waals surface area contributed by atoms with Gasteiger partial charge in [-0.05, 0) is 60.4 Å². The number of benzene rings is 4. The van der Waals surface area contributed by atoms with E-state index in [2.05, 4.69) is 26.5 Å². The predicted molar refractivity (Wildman–Crippen MR) is 182 cm³/mol. The van der Waals surface area contributed by atoms with Gasteiger partial charge in [-0.3, -0.25) is 14.6 Å². The first-order valence-electron chi connectivity index (χ1n) is 15.8. The van der Waals surface area contributed by atoms with Gasteiger partial charge in [-0.15, -0.1) is 0 Å². The van der Waals surface area contributed by atoms with Gasteiger partial charge >= 0.3 is 0 Å². The maximum absolute atomic E-state index is 13.3. The van der Waals surface area contributed by atoms with Gasteiger partial charge in [0.1, 0.15) is 6.29 Å². The number of nitrogens with one attached hydrogen (secondary N) is 2. The quantitative estimate of drug-likeness (QED) is 0.175. The van der Waals surface area contributed by atoms with Crippen molar-refractivity contribution in [2.45, 2.75) is 31.5 Å². The van der Waals surface area contributed by atoms with Gasteiger partial charge in [0.15, 0.2) is 0 Å². The summed E-state index contributed by atoms with van der Waals surface area (Å²) in [6, 6.07) is 31.4. The van der Waals surface area contributed by atoms with Crippen LogP contribution in [0.2, 0.25) is 0 Å². The molecule has 9 heteroatoms. The van der Waals surface area contributed by atoms with Gasteiger partial charge in [-0.1, -0.05) is 60.7 Å². The number of aldehydes is 1. The molecular formula is C37H37N7O2. The molecule has 0 bridgehead atoms. The molecule has 5 aromatic rings. The predicted octanol–water partition coefficient (Wildman–Crippen LogP) is 5.60. The number of anilines is 3. The summed E-state index contributed by atoms with van der Waals surface area (Å²) in [5, 5.41) is 7.37. The minimum atomic E-state index is -0.205. The van der Waals surface area contributed by atoms with E-state index in [0.29, 0.717) is 18.1 Å². The first kappa shape index (κ1) is 29.7. The zero-order valence-corrected chi connectivity index (χ0v) is 25.7. The Labute approximate surface area is 268 Å². The first-order chi connectivity index (χ1) is 22.5. The van der Waals surface area contributed by atoms with Crippen LogP contribution in [0.25, 0.3) is 22.2 Å². The van der Waals surface area contributed by atoms with Crippen molar-refractivity contribution < 1.29 is 9.59 Å². The highest BCUT2D eigenvalue weighted by atomic mass is 16.1. The number of carbonyl (C=O) groups excluding carboxylic acids is 2. The zero-order valence-electron chi connectivity index (χ0n) is 25.7. The number of hydrogen-bond acceptors (Lipinski definition) is 8. The first-order valence-corrected chi connectivity index (χ1v) is 15.8. The zero-order chi connectivity index (χ0) is 31.5. The maximum Gasteiger partial charge on any atom is 0.255 e. The van der Waals surface area contributed by atoms with Crippen molar-refractivity contribution in [3.05, 3.63) is 114 Å². The van der Waals surface area contributed by atoms with Crippen LogP contribution >= 0.6 is 0 Å². The molecule has 7 rings (SSSR count). The van der Waals surface area contributed by atoms with Gasteiger partial charge in [-0.2, -0.15) is 0 Å².